The molecule has 3 rings (SSSR count). The highest BCUT2D eigenvalue weighted by atomic mass is 127. The maximum atomic E-state index is 4.46. The van der Waals surface area contributed by atoms with E-state index in [0.717, 1.165) is 45.0 Å². The van der Waals surface area contributed by atoms with Crippen molar-refractivity contribution in [1.29, 1.82) is 0 Å². The van der Waals surface area contributed by atoms with Crippen molar-refractivity contribution in [3.8, 4) is 0 Å². The average Bonchev–Trinajstić information content (AvgIpc) is 2.46. The van der Waals surface area contributed by atoms with Gasteiger partial charge in [-0.2, -0.15) is 0 Å². The summed E-state index contributed by atoms with van der Waals surface area (Å²) in [6.45, 7) is 4.09. The summed E-state index contributed by atoms with van der Waals surface area (Å²) < 4.78 is 0. The molecular formula is C15H23IN4. The topological polar surface area (TPSA) is 39.7 Å². The van der Waals surface area contributed by atoms with Crippen molar-refractivity contribution in [3.63, 3.8) is 0 Å². The van der Waals surface area contributed by atoms with Crippen molar-refractivity contribution in [2.45, 2.75) is 12.8 Å². The van der Waals surface area contributed by atoms with Crippen LogP contribution in [0.15, 0.2) is 29.3 Å². The van der Waals surface area contributed by atoms with Crippen molar-refractivity contribution < 1.29 is 0 Å². The van der Waals surface area contributed by atoms with Crippen LogP contribution < -0.4 is 15.5 Å². The largest absolute Gasteiger partial charge is 0.374 e. The van der Waals surface area contributed by atoms with Gasteiger partial charge in [0.25, 0.3) is 0 Å². The molecular weight excluding hydrogens is 363 g/mol. The molecule has 20 heavy (non-hydrogen) atoms. The number of guanidine groups is 1. The van der Waals surface area contributed by atoms with Gasteiger partial charge in [-0.1, -0.05) is 18.2 Å². The Morgan fingerprint density at radius 2 is 2.25 bits per heavy atom. The number of para-hydroxylation sites is 1. The smallest absolute Gasteiger partial charge is 0.191 e. The minimum absolute atomic E-state index is 0. The van der Waals surface area contributed by atoms with E-state index in [1.54, 1.807) is 0 Å². The molecule has 5 heteroatoms. The van der Waals surface area contributed by atoms with Crippen molar-refractivity contribution in [2.75, 3.05) is 38.1 Å². The monoisotopic (exact) mass is 386 g/mol. The van der Waals surface area contributed by atoms with Gasteiger partial charge < -0.3 is 15.5 Å². The van der Waals surface area contributed by atoms with Crippen LogP contribution in [0.25, 0.3) is 0 Å². The highest BCUT2D eigenvalue weighted by Gasteiger charge is 2.21. The number of nitrogens with zero attached hydrogens (tertiary/aromatic N) is 2. The Kier molecular flexibility index (Phi) is 5.51. The van der Waals surface area contributed by atoms with Gasteiger partial charge in [-0.15, -0.1) is 24.0 Å². The SMILES string of the molecule is CN1CC(CNC2=NCCCN2)Cc2ccccc21.I. The van der Waals surface area contributed by atoms with Gasteiger partial charge in [0.15, 0.2) is 5.96 Å². The molecule has 2 heterocycles. The lowest BCUT2D eigenvalue weighted by Gasteiger charge is -2.34. The summed E-state index contributed by atoms with van der Waals surface area (Å²) in [5.41, 5.74) is 2.84. The number of hydrogen-bond donors (Lipinski definition) is 2. The molecule has 1 aromatic carbocycles. The molecule has 0 aromatic heterocycles. The predicted octanol–water partition coefficient (Wildman–Crippen LogP) is 1.85. The van der Waals surface area contributed by atoms with E-state index in [0.29, 0.717) is 5.92 Å². The van der Waals surface area contributed by atoms with E-state index in [1.165, 1.54) is 11.3 Å². The molecule has 0 saturated heterocycles. The van der Waals surface area contributed by atoms with Crippen LogP contribution in [0, 0.1) is 5.92 Å². The Morgan fingerprint density at radius 1 is 1.40 bits per heavy atom. The third kappa shape index (κ3) is 3.56. The number of nitrogens with one attached hydrogen (secondary N) is 2. The number of hydrogen-bond acceptors (Lipinski definition) is 4. The molecule has 2 aliphatic heterocycles. The van der Waals surface area contributed by atoms with E-state index in [-0.39, 0.29) is 24.0 Å². The normalized spacial score (nSPS) is 21.1. The highest BCUT2D eigenvalue weighted by Crippen LogP contribution is 2.27. The van der Waals surface area contributed by atoms with Crippen LogP contribution in [0.1, 0.15) is 12.0 Å². The molecule has 4 nitrogen and oxygen atoms in total. The van der Waals surface area contributed by atoms with Crippen LogP contribution in [0.4, 0.5) is 5.69 Å². The third-order valence-corrected chi connectivity index (χ3v) is 3.90. The molecule has 1 aromatic rings. The lowest BCUT2D eigenvalue weighted by atomic mass is 9.93. The van der Waals surface area contributed by atoms with E-state index in [9.17, 15) is 0 Å². The molecule has 1 atom stereocenters. The highest BCUT2D eigenvalue weighted by molar-refractivity contribution is 14.0. The first-order valence-electron chi connectivity index (χ1n) is 7.14. The van der Waals surface area contributed by atoms with E-state index < -0.39 is 0 Å². The van der Waals surface area contributed by atoms with Gasteiger partial charge in [0.1, 0.15) is 0 Å². The Morgan fingerprint density at radius 3 is 3.05 bits per heavy atom. The van der Waals surface area contributed by atoms with E-state index >= 15 is 0 Å². The maximum absolute atomic E-state index is 4.46. The van der Waals surface area contributed by atoms with Crippen molar-refractivity contribution in [3.05, 3.63) is 29.8 Å². The van der Waals surface area contributed by atoms with Gasteiger partial charge in [-0.05, 0) is 30.4 Å². The first-order chi connectivity index (χ1) is 9.33. The zero-order valence-electron chi connectivity index (χ0n) is 11.9. The number of anilines is 1. The van der Waals surface area contributed by atoms with Crippen LogP contribution in [-0.2, 0) is 6.42 Å². The van der Waals surface area contributed by atoms with Crippen LogP contribution >= 0.6 is 24.0 Å². The summed E-state index contributed by atoms with van der Waals surface area (Å²) in [5.74, 6) is 1.62. The van der Waals surface area contributed by atoms with Gasteiger partial charge in [0, 0.05) is 38.9 Å². The van der Waals surface area contributed by atoms with Crippen molar-refractivity contribution in [2.24, 2.45) is 10.9 Å². The summed E-state index contributed by atoms with van der Waals surface area (Å²) in [4.78, 5) is 6.82. The number of halogens is 1. The fraction of sp³-hybridized carbons (Fsp3) is 0.533. The predicted molar refractivity (Wildman–Crippen MR) is 95.2 cm³/mol. The number of aliphatic imine (C=N–C) groups is 1. The molecule has 2 N–H and O–H groups in total. The van der Waals surface area contributed by atoms with Gasteiger partial charge in [-0.25, -0.2) is 0 Å². The summed E-state index contributed by atoms with van der Waals surface area (Å²) in [6, 6.07) is 8.71. The van der Waals surface area contributed by atoms with E-state index in [1.807, 2.05) is 0 Å². The zero-order chi connectivity index (χ0) is 13.1. The fourth-order valence-electron chi connectivity index (χ4n) is 2.95. The summed E-state index contributed by atoms with van der Waals surface area (Å²) in [6.07, 6.45) is 2.30. The van der Waals surface area contributed by atoms with Crippen LogP contribution in [0.5, 0.6) is 0 Å². The lowest BCUT2D eigenvalue weighted by Crippen LogP contribution is -2.45. The number of rotatable bonds is 2. The molecule has 0 amide bonds. The molecule has 0 radical (unpaired) electrons. The molecule has 0 bridgehead atoms. The Balaban J connectivity index is 0.00000147. The van der Waals surface area contributed by atoms with E-state index in [4.69, 9.17) is 0 Å². The van der Waals surface area contributed by atoms with Crippen LogP contribution in [0.2, 0.25) is 0 Å². The van der Waals surface area contributed by atoms with Gasteiger partial charge >= 0.3 is 0 Å². The fourth-order valence-corrected chi connectivity index (χ4v) is 2.95. The van der Waals surface area contributed by atoms with Gasteiger partial charge in [0.05, 0.1) is 0 Å². The van der Waals surface area contributed by atoms with Gasteiger partial charge in [-0.3, -0.25) is 4.99 Å². The molecule has 1 unspecified atom stereocenters. The second-order valence-electron chi connectivity index (χ2n) is 5.47. The number of benzene rings is 1. The average molecular weight is 386 g/mol. The molecule has 0 fully saturated rings. The summed E-state index contributed by atoms with van der Waals surface area (Å²) in [5, 5.41) is 6.77. The standard InChI is InChI=1S/C15H22N4.HI/c1-19-11-12(9-13-5-2-3-6-14(13)19)10-18-15-16-7-4-8-17-15;/h2-3,5-6,12H,4,7-11H2,1H3,(H2,16,17,18);1H. The minimum atomic E-state index is 0. The quantitative estimate of drug-likeness (QED) is 0.763. The first kappa shape index (κ1) is 15.4. The summed E-state index contributed by atoms with van der Waals surface area (Å²) >= 11 is 0. The molecule has 0 aliphatic carbocycles. The van der Waals surface area contributed by atoms with Gasteiger partial charge in [0.2, 0.25) is 0 Å². The summed E-state index contributed by atoms with van der Waals surface area (Å²) in [7, 11) is 2.18. The Hall–Kier alpha value is -0.980. The lowest BCUT2D eigenvalue weighted by molar-refractivity contribution is 0.490. The van der Waals surface area contributed by atoms with Crippen molar-refractivity contribution >= 4 is 35.6 Å². The van der Waals surface area contributed by atoms with Crippen LogP contribution in [0.3, 0.4) is 0 Å². The first-order valence-corrected chi connectivity index (χ1v) is 7.14. The third-order valence-electron chi connectivity index (χ3n) is 3.90. The molecule has 0 saturated carbocycles. The molecule has 0 spiro atoms. The molecule has 110 valence electrons. The van der Waals surface area contributed by atoms with Crippen LogP contribution in [-0.4, -0.2) is 39.2 Å². The van der Waals surface area contributed by atoms with Crippen molar-refractivity contribution in [1.82, 2.24) is 10.6 Å². The Bertz CT molecular complexity index is 475. The zero-order valence-corrected chi connectivity index (χ0v) is 14.3. The minimum Gasteiger partial charge on any atom is -0.374 e. The molecule has 2 aliphatic rings. The number of fused-ring (bicyclic) bond motifs is 1. The second-order valence-corrected chi connectivity index (χ2v) is 5.47. The van der Waals surface area contributed by atoms with E-state index in [2.05, 4.69) is 51.8 Å². The maximum Gasteiger partial charge on any atom is 0.191 e. The Labute approximate surface area is 138 Å². The second kappa shape index (κ2) is 7.15.